The Hall–Kier alpha value is -0.240. The van der Waals surface area contributed by atoms with Gasteiger partial charge in [-0.1, -0.05) is 54.6 Å². The molecule has 1 aromatic rings. The Balaban J connectivity index is 1.87. The lowest BCUT2D eigenvalue weighted by atomic mass is 9.96. The topological polar surface area (TPSA) is 16.6 Å². The third-order valence-electron chi connectivity index (χ3n) is 3.85. The zero-order valence-corrected chi connectivity index (χ0v) is 12.3. The first-order valence-electron chi connectivity index (χ1n) is 7.03. The fourth-order valence-corrected chi connectivity index (χ4v) is 3.12. The van der Waals surface area contributed by atoms with E-state index in [4.69, 9.17) is 23.2 Å². The molecule has 0 aliphatic heterocycles. The van der Waals surface area contributed by atoms with Gasteiger partial charge in [-0.15, -0.1) is 0 Å². The van der Waals surface area contributed by atoms with Crippen LogP contribution in [0.1, 0.15) is 50.5 Å². The molecule has 0 aromatic heterocycles. The SMILES string of the molecule is Clc1cccc(C[NH2+]C2CCCCCCC2)c1Cl. The maximum Gasteiger partial charge on any atom is 0.103 e. The van der Waals surface area contributed by atoms with E-state index in [0.29, 0.717) is 5.02 Å². The molecule has 0 amide bonds. The zero-order chi connectivity index (χ0) is 12.8. The van der Waals surface area contributed by atoms with Crippen LogP contribution in [0.25, 0.3) is 0 Å². The van der Waals surface area contributed by atoms with Crippen molar-refractivity contribution in [3.8, 4) is 0 Å². The van der Waals surface area contributed by atoms with E-state index in [2.05, 4.69) is 11.4 Å². The minimum Gasteiger partial charge on any atom is -0.340 e. The minimum absolute atomic E-state index is 0.667. The summed E-state index contributed by atoms with van der Waals surface area (Å²) in [5.74, 6) is 0. The molecule has 1 aliphatic carbocycles. The third-order valence-corrected chi connectivity index (χ3v) is 4.71. The summed E-state index contributed by atoms with van der Waals surface area (Å²) < 4.78 is 0. The number of rotatable bonds is 3. The van der Waals surface area contributed by atoms with Gasteiger partial charge >= 0.3 is 0 Å². The highest BCUT2D eigenvalue weighted by molar-refractivity contribution is 6.42. The van der Waals surface area contributed by atoms with Crippen LogP contribution >= 0.6 is 23.2 Å². The van der Waals surface area contributed by atoms with E-state index in [1.54, 1.807) is 0 Å². The Labute approximate surface area is 120 Å². The van der Waals surface area contributed by atoms with Crippen LogP contribution < -0.4 is 5.32 Å². The highest BCUT2D eigenvalue weighted by Crippen LogP contribution is 2.24. The van der Waals surface area contributed by atoms with Crippen LogP contribution in [-0.2, 0) is 6.54 Å². The standard InChI is InChI=1S/C15H21Cl2N/c16-14-10-6-7-12(15(14)17)11-18-13-8-4-2-1-3-5-9-13/h6-7,10,13,18H,1-5,8-9,11H2/p+1. The summed E-state index contributed by atoms with van der Waals surface area (Å²) in [7, 11) is 0. The first-order valence-corrected chi connectivity index (χ1v) is 7.79. The minimum atomic E-state index is 0.667. The lowest BCUT2D eigenvalue weighted by molar-refractivity contribution is -0.706. The monoisotopic (exact) mass is 286 g/mol. The van der Waals surface area contributed by atoms with E-state index >= 15 is 0 Å². The molecule has 0 spiro atoms. The van der Waals surface area contributed by atoms with Crippen molar-refractivity contribution < 1.29 is 5.32 Å². The van der Waals surface area contributed by atoms with E-state index in [9.17, 15) is 0 Å². The van der Waals surface area contributed by atoms with Crippen LogP contribution in [0.5, 0.6) is 0 Å². The van der Waals surface area contributed by atoms with Crippen molar-refractivity contribution in [2.75, 3.05) is 0 Å². The molecule has 2 rings (SSSR count). The molecule has 2 N–H and O–H groups in total. The molecule has 18 heavy (non-hydrogen) atoms. The Morgan fingerprint density at radius 3 is 2.39 bits per heavy atom. The van der Waals surface area contributed by atoms with Crippen molar-refractivity contribution in [3.63, 3.8) is 0 Å². The van der Waals surface area contributed by atoms with Gasteiger partial charge in [-0.25, -0.2) is 0 Å². The molecule has 1 aliphatic rings. The molecule has 0 atom stereocenters. The first-order chi connectivity index (χ1) is 8.77. The number of halogens is 2. The van der Waals surface area contributed by atoms with Gasteiger partial charge in [0, 0.05) is 5.56 Å². The average molecular weight is 287 g/mol. The normalized spacial score (nSPS) is 18.3. The molecule has 1 nitrogen and oxygen atoms in total. The zero-order valence-electron chi connectivity index (χ0n) is 10.8. The van der Waals surface area contributed by atoms with Gasteiger partial charge in [-0.3, -0.25) is 0 Å². The van der Waals surface area contributed by atoms with E-state index < -0.39 is 0 Å². The molecule has 0 radical (unpaired) electrons. The number of benzene rings is 1. The second-order valence-electron chi connectivity index (χ2n) is 5.26. The summed E-state index contributed by atoms with van der Waals surface area (Å²) in [5, 5.41) is 3.84. The van der Waals surface area contributed by atoms with Crippen LogP contribution in [0.2, 0.25) is 10.0 Å². The molecule has 1 saturated carbocycles. The summed E-state index contributed by atoms with van der Waals surface area (Å²) >= 11 is 12.3. The second-order valence-corrected chi connectivity index (χ2v) is 6.04. The summed E-state index contributed by atoms with van der Waals surface area (Å²) in [6.45, 7) is 0.948. The van der Waals surface area contributed by atoms with Crippen LogP contribution in [-0.4, -0.2) is 6.04 Å². The molecule has 3 heteroatoms. The molecule has 1 fully saturated rings. The van der Waals surface area contributed by atoms with E-state index in [0.717, 1.165) is 23.2 Å². The molecule has 0 saturated heterocycles. The highest BCUT2D eigenvalue weighted by atomic mass is 35.5. The number of quaternary nitrogens is 1. The summed E-state index contributed by atoms with van der Waals surface area (Å²) in [5.41, 5.74) is 1.16. The maximum atomic E-state index is 6.22. The number of hydrogen-bond donors (Lipinski definition) is 1. The van der Waals surface area contributed by atoms with Gasteiger partial charge in [0.05, 0.1) is 16.1 Å². The van der Waals surface area contributed by atoms with E-state index in [1.807, 2.05) is 12.1 Å². The van der Waals surface area contributed by atoms with Gasteiger partial charge in [-0.05, 0) is 31.7 Å². The van der Waals surface area contributed by atoms with Crippen molar-refractivity contribution in [2.45, 2.75) is 57.5 Å². The Morgan fingerprint density at radius 2 is 1.67 bits per heavy atom. The van der Waals surface area contributed by atoms with Crippen molar-refractivity contribution >= 4 is 23.2 Å². The van der Waals surface area contributed by atoms with Crippen LogP contribution in [0.15, 0.2) is 18.2 Å². The predicted octanol–water partition coefficient (Wildman–Crippen LogP) is 4.17. The van der Waals surface area contributed by atoms with Crippen LogP contribution in [0.3, 0.4) is 0 Å². The third kappa shape index (κ3) is 4.15. The molecule has 0 heterocycles. The summed E-state index contributed by atoms with van der Waals surface area (Å²) in [6.07, 6.45) is 9.68. The van der Waals surface area contributed by atoms with E-state index in [1.165, 1.54) is 44.9 Å². The molecular formula is C15H22Cl2N+. The number of hydrogen-bond acceptors (Lipinski definition) is 0. The highest BCUT2D eigenvalue weighted by Gasteiger charge is 2.15. The van der Waals surface area contributed by atoms with Crippen molar-refractivity contribution in [2.24, 2.45) is 0 Å². The summed E-state index contributed by atoms with van der Waals surface area (Å²) in [4.78, 5) is 0. The van der Waals surface area contributed by atoms with Crippen molar-refractivity contribution in [3.05, 3.63) is 33.8 Å². The van der Waals surface area contributed by atoms with Gasteiger partial charge in [0.2, 0.25) is 0 Å². The summed E-state index contributed by atoms with van der Waals surface area (Å²) in [6, 6.07) is 6.67. The van der Waals surface area contributed by atoms with E-state index in [-0.39, 0.29) is 0 Å². The Kier molecular flexibility index (Phi) is 5.81. The molecule has 100 valence electrons. The lowest BCUT2D eigenvalue weighted by Crippen LogP contribution is -2.88. The quantitative estimate of drug-likeness (QED) is 0.859. The predicted molar refractivity (Wildman–Crippen MR) is 78.2 cm³/mol. The first kappa shape index (κ1) is 14.2. The average Bonchev–Trinajstić information content (AvgIpc) is 2.32. The fraction of sp³-hybridized carbons (Fsp3) is 0.600. The Bertz CT molecular complexity index is 371. The van der Waals surface area contributed by atoms with Gasteiger partial charge in [-0.2, -0.15) is 0 Å². The van der Waals surface area contributed by atoms with Gasteiger partial charge in [0.1, 0.15) is 6.54 Å². The molecular weight excluding hydrogens is 265 g/mol. The Morgan fingerprint density at radius 1 is 1.00 bits per heavy atom. The van der Waals surface area contributed by atoms with Crippen LogP contribution in [0, 0.1) is 0 Å². The number of nitrogens with two attached hydrogens (primary N) is 1. The van der Waals surface area contributed by atoms with Crippen molar-refractivity contribution in [1.82, 2.24) is 0 Å². The largest absolute Gasteiger partial charge is 0.340 e. The van der Waals surface area contributed by atoms with Crippen molar-refractivity contribution in [1.29, 1.82) is 0 Å². The molecule has 1 aromatic carbocycles. The smallest absolute Gasteiger partial charge is 0.103 e. The lowest BCUT2D eigenvalue weighted by Gasteiger charge is -2.18. The van der Waals surface area contributed by atoms with Gasteiger partial charge in [0.15, 0.2) is 0 Å². The maximum absolute atomic E-state index is 6.22. The molecule has 0 bridgehead atoms. The van der Waals surface area contributed by atoms with Gasteiger partial charge in [0.25, 0.3) is 0 Å². The molecule has 0 unspecified atom stereocenters. The second kappa shape index (κ2) is 7.37. The fourth-order valence-electron chi connectivity index (χ4n) is 2.72. The van der Waals surface area contributed by atoms with Crippen LogP contribution in [0.4, 0.5) is 0 Å². The van der Waals surface area contributed by atoms with Gasteiger partial charge < -0.3 is 5.32 Å².